The summed E-state index contributed by atoms with van der Waals surface area (Å²) in [5, 5.41) is 3.08. The molecule has 1 heterocycles. The lowest BCUT2D eigenvalue weighted by molar-refractivity contribution is 0.376. The van der Waals surface area contributed by atoms with E-state index >= 15 is 0 Å². The second-order valence-corrected chi connectivity index (χ2v) is 4.70. The van der Waals surface area contributed by atoms with Gasteiger partial charge in [-0.05, 0) is 27.2 Å². The molecule has 0 aliphatic carbocycles. The first kappa shape index (κ1) is 14.5. The second kappa shape index (κ2) is 5.84. The molecule has 0 bridgehead atoms. The van der Waals surface area contributed by atoms with Crippen molar-refractivity contribution in [1.29, 1.82) is 0 Å². The topological polar surface area (TPSA) is 63.2 Å². The number of anilines is 2. The van der Waals surface area contributed by atoms with Crippen molar-refractivity contribution in [1.82, 2.24) is 15.0 Å². The van der Waals surface area contributed by atoms with E-state index in [2.05, 4.69) is 41.0 Å². The average molecular weight is 253 g/mol. The van der Waals surface area contributed by atoms with Crippen molar-refractivity contribution in [2.24, 2.45) is 0 Å². The van der Waals surface area contributed by atoms with Crippen LogP contribution in [0.25, 0.3) is 0 Å². The molecule has 0 aromatic carbocycles. The van der Waals surface area contributed by atoms with Gasteiger partial charge in [0, 0.05) is 19.1 Å². The maximum Gasteiger partial charge on any atom is 0.322 e. The van der Waals surface area contributed by atoms with Gasteiger partial charge in [0.2, 0.25) is 11.9 Å². The predicted molar refractivity (Wildman–Crippen MR) is 73.3 cm³/mol. The van der Waals surface area contributed by atoms with Crippen LogP contribution in [0, 0.1) is 0 Å². The second-order valence-electron chi connectivity index (χ2n) is 4.70. The monoisotopic (exact) mass is 253 g/mol. The molecule has 6 nitrogen and oxygen atoms in total. The Morgan fingerprint density at radius 1 is 1.22 bits per heavy atom. The zero-order chi connectivity index (χ0) is 13.8. The summed E-state index contributed by atoms with van der Waals surface area (Å²) in [4.78, 5) is 14.9. The fourth-order valence-corrected chi connectivity index (χ4v) is 1.33. The van der Waals surface area contributed by atoms with E-state index in [-0.39, 0.29) is 5.54 Å². The molecule has 1 rings (SSSR count). The minimum absolute atomic E-state index is 0.0180. The molecule has 0 saturated heterocycles. The van der Waals surface area contributed by atoms with E-state index in [1.165, 1.54) is 0 Å². The van der Waals surface area contributed by atoms with Gasteiger partial charge in [0.25, 0.3) is 0 Å². The SMILES string of the molecule is CCNc1nc(OC)nc(N(C)C(C)(C)CC)n1. The standard InChI is InChI=1S/C12H23N5O/c1-7-12(3,4)17(5)10-14-9(13-8-2)15-11(16-10)18-6/h7-8H2,1-6H3,(H,13,14,15,16). The van der Waals surface area contributed by atoms with Crippen LogP contribution < -0.4 is 15.0 Å². The molecule has 0 unspecified atom stereocenters. The summed E-state index contributed by atoms with van der Waals surface area (Å²) >= 11 is 0. The van der Waals surface area contributed by atoms with E-state index in [4.69, 9.17) is 4.74 Å². The van der Waals surface area contributed by atoms with Crippen LogP contribution in [0.3, 0.4) is 0 Å². The molecule has 0 spiro atoms. The number of rotatable bonds is 6. The van der Waals surface area contributed by atoms with Crippen molar-refractivity contribution in [2.75, 3.05) is 30.9 Å². The lowest BCUT2D eigenvalue weighted by Crippen LogP contribution is -2.41. The first-order valence-electron chi connectivity index (χ1n) is 6.22. The van der Waals surface area contributed by atoms with Crippen molar-refractivity contribution in [3.8, 4) is 6.01 Å². The van der Waals surface area contributed by atoms with E-state index in [1.54, 1.807) is 7.11 Å². The molecule has 1 aromatic heterocycles. The number of hydrogen-bond donors (Lipinski definition) is 1. The maximum atomic E-state index is 5.11. The van der Waals surface area contributed by atoms with E-state index in [9.17, 15) is 0 Å². The summed E-state index contributed by atoms with van der Waals surface area (Å²) in [5.74, 6) is 1.16. The maximum absolute atomic E-state index is 5.11. The Morgan fingerprint density at radius 3 is 2.39 bits per heavy atom. The Morgan fingerprint density at radius 2 is 1.89 bits per heavy atom. The van der Waals surface area contributed by atoms with Crippen LogP contribution in [0.4, 0.5) is 11.9 Å². The van der Waals surface area contributed by atoms with Gasteiger partial charge in [0.15, 0.2) is 0 Å². The molecule has 0 amide bonds. The van der Waals surface area contributed by atoms with Crippen LogP contribution >= 0.6 is 0 Å². The fraction of sp³-hybridized carbons (Fsp3) is 0.750. The van der Waals surface area contributed by atoms with Crippen LogP contribution in [0.15, 0.2) is 0 Å². The van der Waals surface area contributed by atoms with Crippen molar-refractivity contribution < 1.29 is 4.74 Å². The molecule has 1 N–H and O–H groups in total. The summed E-state index contributed by atoms with van der Waals surface area (Å²) in [6, 6.07) is 0.328. The van der Waals surface area contributed by atoms with Gasteiger partial charge in [-0.15, -0.1) is 0 Å². The molecule has 0 aliphatic rings. The number of aromatic nitrogens is 3. The summed E-state index contributed by atoms with van der Waals surface area (Å²) in [7, 11) is 3.54. The molecule has 0 fully saturated rings. The Hall–Kier alpha value is -1.59. The third-order valence-electron chi connectivity index (χ3n) is 3.19. The van der Waals surface area contributed by atoms with Crippen molar-refractivity contribution in [3.63, 3.8) is 0 Å². The molecule has 6 heteroatoms. The lowest BCUT2D eigenvalue weighted by Gasteiger charge is -2.34. The third kappa shape index (κ3) is 3.21. The van der Waals surface area contributed by atoms with Gasteiger partial charge in [-0.3, -0.25) is 0 Å². The number of methoxy groups -OCH3 is 1. The van der Waals surface area contributed by atoms with Gasteiger partial charge >= 0.3 is 6.01 Å². The van der Waals surface area contributed by atoms with Gasteiger partial charge in [0.1, 0.15) is 0 Å². The van der Waals surface area contributed by atoms with E-state index < -0.39 is 0 Å². The predicted octanol–water partition coefficient (Wildman–Crippen LogP) is 1.94. The highest BCUT2D eigenvalue weighted by Crippen LogP contribution is 2.23. The fourth-order valence-electron chi connectivity index (χ4n) is 1.33. The highest BCUT2D eigenvalue weighted by molar-refractivity contribution is 5.39. The van der Waals surface area contributed by atoms with Crippen LogP contribution in [0.5, 0.6) is 6.01 Å². The van der Waals surface area contributed by atoms with Gasteiger partial charge < -0.3 is 15.0 Å². The Bertz CT molecular complexity index is 394. The zero-order valence-corrected chi connectivity index (χ0v) is 12.1. The highest BCUT2D eigenvalue weighted by atomic mass is 16.5. The van der Waals surface area contributed by atoms with Gasteiger partial charge in [0.05, 0.1) is 7.11 Å². The summed E-state index contributed by atoms with van der Waals surface area (Å²) in [5.41, 5.74) is -0.0180. The summed E-state index contributed by atoms with van der Waals surface area (Å²) < 4.78 is 5.11. The molecule has 102 valence electrons. The van der Waals surface area contributed by atoms with E-state index in [0.717, 1.165) is 13.0 Å². The summed E-state index contributed by atoms with van der Waals surface area (Å²) in [6.45, 7) is 9.19. The number of hydrogen-bond acceptors (Lipinski definition) is 6. The van der Waals surface area contributed by atoms with Gasteiger partial charge in [-0.2, -0.15) is 15.0 Å². The first-order chi connectivity index (χ1) is 8.44. The Balaban J connectivity index is 3.11. The van der Waals surface area contributed by atoms with Crippen molar-refractivity contribution in [2.45, 2.75) is 39.7 Å². The highest BCUT2D eigenvalue weighted by Gasteiger charge is 2.24. The Labute approximate surface area is 109 Å². The van der Waals surface area contributed by atoms with Gasteiger partial charge in [-0.25, -0.2) is 0 Å². The summed E-state index contributed by atoms with van der Waals surface area (Å²) in [6.07, 6.45) is 0.994. The molecule has 0 aliphatic heterocycles. The molecular weight excluding hydrogens is 230 g/mol. The molecule has 0 radical (unpaired) electrons. The van der Waals surface area contributed by atoms with Crippen LogP contribution in [0.1, 0.15) is 34.1 Å². The van der Waals surface area contributed by atoms with E-state index in [0.29, 0.717) is 17.9 Å². The molecule has 1 aromatic rings. The molecule has 18 heavy (non-hydrogen) atoms. The zero-order valence-electron chi connectivity index (χ0n) is 12.1. The smallest absolute Gasteiger partial charge is 0.322 e. The first-order valence-corrected chi connectivity index (χ1v) is 6.22. The van der Waals surface area contributed by atoms with Crippen molar-refractivity contribution in [3.05, 3.63) is 0 Å². The van der Waals surface area contributed by atoms with Crippen LogP contribution in [0.2, 0.25) is 0 Å². The minimum Gasteiger partial charge on any atom is -0.467 e. The number of nitrogens with zero attached hydrogens (tertiary/aromatic N) is 4. The molecular formula is C12H23N5O. The number of ether oxygens (including phenoxy) is 1. The largest absolute Gasteiger partial charge is 0.467 e. The van der Waals surface area contributed by atoms with Crippen LogP contribution in [-0.2, 0) is 0 Å². The van der Waals surface area contributed by atoms with Crippen molar-refractivity contribution >= 4 is 11.9 Å². The quantitative estimate of drug-likeness (QED) is 0.836. The lowest BCUT2D eigenvalue weighted by atomic mass is 10.0. The Kier molecular flexibility index (Phi) is 4.69. The minimum atomic E-state index is -0.0180. The number of nitrogens with one attached hydrogen (secondary N) is 1. The van der Waals surface area contributed by atoms with Crippen LogP contribution in [-0.4, -0.2) is 41.2 Å². The average Bonchev–Trinajstić information content (AvgIpc) is 2.37. The molecule has 0 saturated carbocycles. The normalized spacial score (nSPS) is 11.2. The third-order valence-corrected chi connectivity index (χ3v) is 3.19. The van der Waals surface area contributed by atoms with E-state index in [1.807, 2.05) is 18.9 Å². The van der Waals surface area contributed by atoms with Gasteiger partial charge in [-0.1, -0.05) is 6.92 Å². The molecule has 0 atom stereocenters.